The van der Waals surface area contributed by atoms with Crippen LogP contribution in [0.3, 0.4) is 0 Å². The Labute approximate surface area is 161 Å². The van der Waals surface area contributed by atoms with Crippen molar-refractivity contribution in [1.82, 2.24) is 5.32 Å². The molecule has 0 bridgehead atoms. The molecule has 0 aliphatic carbocycles. The van der Waals surface area contributed by atoms with Gasteiger partial charge in [-0.15, -0.1) is 12.4 Å². The Morgan fingerprint density at radius 2 is 1.88 bits per heavy atom. The summed E-state index contributed by atoms with van der Waals surface area (Å²) >= 11 is 0. The van der Waals surface area contributed by atoms with Crippen molar-refractivity contribution in [2.45, 2.75) is 31.3 Å². The van der Waals surface area contributed by atoms with Crippen LogP contribution in [-0.4, -0.2) is 51.5 Å². The average molecular weight is 385 g/mol. The first kappa shape index (κ1) is 21.0. The van der Waals surface area contributed by atoms with E-state index in [1.807, 2.05) is 24.3 Å². The zero-order chi connectivity index (χ0) is 17.5. The van der Waals surface area contributed by atoms with Crippen molar-refractivity contribution >= 4 is 24.0 Å². The van der Waals surface area contributed by atoms with E-state index in [1.54, 1.807) is 7.11 Å². The second-order valence-electron chi connectivity index (χ2n) is 6.79. The second-order valence-corrected chi connectivity index (χ2v) is 6.79. The summed E-state index contributed by atoms with van der Waals surface area (Å²) in [5.41, 5.74) is 0.0297. The summed E-state index contributed by atoms with van der Waals surface area (Å²) in [6, 6.07) is 7.55. The maximum Gasteiger partial charge on any atom is 0.256 e. The van der Waals surface area contributed by atoms with Gasteiger partial charge in [0.25, 0.3) is 5.91 Å². The van der Waals surface area contributed by atoms with Gasteiger partial charge in [0.15, 0.2) is 0 Å². The lowest BCUT2D eigenvalue weighted by atomic mass is 9.91. The number of piperidine rings is 1. The standard InChI is InChI=1S/C19H28N2O4.ClH/c1-23-19(8-10-20-11-9-19)18(22)21-16-2-4-17(5-3-16)25-14-15-6-12-24-13-7-15;/h2-5,15,20H,6-14H2,1H3,(H,21,22);1H. The van der Waals surface area contributed by atoms with Gasteiger partial charge in [0, 0.05) is 26.0 Å². The molecule has 2 fully saturated rings. The monoisotopic (exact) mass is 384 g/mol. The molecule has 2 N–H and O–H groups in total. The van der Waals surface area contributed by atoms with Gasteiger partial charge in [-0.3, -0.25) is 4.79 Å². The Balaban J connectivity index is 0.00000243. The van der Waals surface area contributed by atoms with Crippen LogP contribution in [0.25, 0.3) is 0 Å². The molecule has 0 saturated carbocycles. The highest BCUT2D eigenvalue weighted by molar-refractivity contribution is 5.97. The fourth-order valence-corrected chi connectivity index (χ4v) is 3.36. The lowest BCUT2D eigenvalue weighted by Gasteiger charge is -2.34. The fraction of sp³-hybridized carbons (Fsp3) is 0.632. The van der Waals surface area contributed by atoms with Crippen molar-refractivity contribution in [2.24, 2.45) is 5.92 Å². The van der Waals surface area contributed by atoms with Gasteiger partial charge in [0.2, 0.25) is 0 Å². The largest absolute Gasteiger partial charge is 0.493 e. The van der Waals surface area contributed by atoms with E-state index in [2.05, 4.69) is 10.6 Å². The zero-order valence-corrected chi connectivity index (χ0v) is 16.1. The number of benzene rings is 1. The van der Waals surface area contributed by atoms with Crippen molar-refractivity contribution in [3.05, 3.63) is 24.3 Å². The van der Waals surface area contributed by atoms with E-state index >= 15 is 0 Å². The molecule has 2 heterocycles. The van der Waals surface area contributed by atoms with Crippen molar-refractivity contribution in [2.75, 3.05) is 45.3 Å². The van der Waals surface area contributed by atoms with Crippen molar-refractivity contribution in [3.8, 4) is 5.75 Å². The van der Waals surface area contributed by atoms with Crippen LogP contribution in [-0.2, 0) is 14.3 Å². The van der Waals surface area contributed by atoms with E-state index in [0.717, 1.165) is 57.2 Å². The number of carbonyl (C=O) groups is 1. The van der Waals surface area contributed by atoms with Crippen molar-refractivity contribution in [3.63, 3.8) is 0 Å². The minimum absolute atomic E-state index is 0. The molecule has 0 spiro atoms. The summed E-state index contributed by atoms with van der Waals surface area (Å²) in [5, 5.41) is 6.23. The summed E-state index contributed by atoms with van der Waals surface area (Å²) in [4.78, 5) is 12.6. The van der Waals surface area contributed by atoms with Crippen LogP contribution in [0, 0.1) is 5.92 Å². The van der Waals surface area contributed by atoms with E-state index in [9.17, 15) is 4.79 Å². The third-order valence-electron chi connectivity index (χ3n) is 5.15. The van der Waals surface area contributed by atoms with Gasteiger partial charge < -0.3 is 24.8 Å². The number of carbonyl (C=O) groups excluding carboxylic acids is 1. The summed E-state index contributed by atoms with van der Waals surface area (Å²) in [6.07, 6.45) is 3.48. The first-order valence-corrected chi connectivity index (χ1v) is 9.10. The number of methoxy groups -OCH3 is 1. The molecule has 0 atom stereocenters. The maximum atomic E-state index is 12.6. The lowest BCUT2D eigenvalue weighted by molar-refractivity contribution is -0.140. The first-order chi connectivity index (χ1) is 12.2. The molecule has 26 heavy (non-hydrogen) atoms. The molecule has 1 aromatic rings. The van der Waals surface area contributed by atoms with E-state index in [0.29, 0.717) is 18.8 Å². The Bertz CT molecular complexity index is 555. The molecule has 2 saturated heterocycles. The molecule has 0 aromatic heterocycles. The van der Waals surface area contributed by atoms with Gasteiger partial charge in [-0.25, -0.2) is 0 Å². The second kappa shape index (κ2) is 10.1. The number of ether oxygens (including phenoxy) is 3. The van der Waals surface area contributed by atoms with Gasteiger partial charge >= 0.3 is 0 Å². The predicted octanol–water partition coefficient (Wildman–Crippen LogP) is 2.62. The fourth-order valence-electron chi connectivity index (χ4n) is 3.36. The Morgan fingerprint density at radius 1 is 1.23 bits per heavy atom. The van der Waals surface area contributed by atoms with E-state index in [-0.39, 0.29) is 18.3 Å². The smallest absolute Gasteiger partial charge is 0.256 e. The van der Waals surface area contributed by atoms with E-state index < -0.39 is 5.60 Å². The van der Waals surface area contributed by atoms with Gasteiger partial charge in [-0.1, -0.05) is 0 Å². The molecule has 146 valence electrons. The topological polar surface area (TPSA) is 68.8 Å². The first-order valence-electron chi connectivity index (χ1n) is 9.10. The average Bonchev–Trinajstić information content (AvgIpc) is 2.68. The van der Waals surface area contributed by atoms with Crippen LogP contribution >= 0.6 is 12.4 Å². The Morgan fingerprint density at radius 3 is 2.50 bits per heavy atom. The normalized spacial score (nSPS) is 20.0. The summed E-state index contributed by atoms with van der Waals surface area (Å²) < 4.78 is 16.8. The van der Waals surface area contributed by atoms with E-state index in [4.69, 9.17) is 14.2 Å². The summed E-state index contributed by atoms with van der Waals surface area (Å²) in [6.45, 7) is 3.96. The maximum absolute atomic E-state index is 12.6. The molecule has 0 unspecified atom stereocenters. The van der Waals surface area contributed by atoms with Crippen LogP contribution in [0.1, 0.15) is 25.7 Å². The van der Waals surface area contributed by atoms with Crippen LogP contribution in [0.5, 0.6) is 5.75 Å². The van der Waals surface area contributed by atoms with Crippen LogP contribution in [0.4, 0.5) is 5.69 Å². The quantitative estimate of drug-likeness (QED) is 0.789. The summed E-state index contributed by atoms with van der Waals surface area (Å²) in [5.74, 6) is 1.31. The van der Waals surface area contributed by atoms with Gasteiger partial charge in [-0.05, 0) is 69.0 Å². The van der Waals surface area contributed by atoms with Crippen LogP contribution in [0.2, 0.25) is 0 Å². The van der Waals surface area contributed by atoms with E-state index in [1.165, 1.54) is 0 Å². The highest BCUT2D eigenvalue weighted by Crippen LogP contribution is 2.25. The number of rotatable bonds is 6. The SMILES string of the molecule is COC1(C(=O)Nc2ccc(OCC3CCOCC3)cc2)CCNCC1.Cl. The zero-order valence-electron chi connectivity index (χ0n) is 15.3. The molecule has 6 nitrogen and oxygen atoms in total. The molecule has 0 radical (unpaired) electrons. The van der Waals surface area contributed by atoms with Gasteiger partial charge in [0.05, 0.1) is 6.61 Å². The molecule has 7 heteroatoms. The molecule has 2 aliphatic rings. The third kappa shape index (κ3) is 5.33. The number of amides is 1. The highest BCUT2D eigenvalue weighted by atomic mass is 35.5. The van der Waals surface area contributed by atoms with Gasteiger partial charge in [-0.2, -0.15) is 0 Å². The number of anilines is 1. The Hall–Kier alpha value is -1.34. The molecular weight excluding hydrogens is 356 g/mol. The van der Waals surface area contributed by atoms with Crippen LogP contribution in [0.15, 0.2) is 24.3 Å². The molecule has 1 aromatic carbocycles. The summed E-state index contributed by atoms with van der Waals surface area (Å²) in [7, 11) is 1.61. The molecule has 1 amide bonds. The number of hydrogen-bond acceptors (Lipinski definition) is 5. The number of nitrogens with one attached hydrogen (secondary N) is 2. The lowest BCUT2D eigenvalue weighted by Crippen LogP contribution is -2.51. The number of hydrogen-bond donors (Lipinski definition) is 2. The predicted molar refractivity (Wildman–Crippen MR) is 103 cm³/mol. The third-order valence-corrected chi connectivity index (χ3v) is 5.15. The number of halogens is 1. The molecular formula is C19H29ClN2O4. The molecule has 2 aliphatic heterocycles. The van der Waals surface area contributed by atoms with Crippen LogP contribution < -0.4 is 15.4 Å². The highest BCUT2D eigenvalue weighted by Gasteiger charge is 2.39. The van der Waals surface area contributed by atoms with Crippen molar-refractivity contribution in [1.29, 1.82) is 0 Å². The Kier molecular flexibility index (Phi) is 8.15. The van der Waals surface area contributed by atoms with Crippen molar-refractivity contribution < 1.29 is 19.0 Å². The molecule has 3 rings (SSSR count). The minimum Gasteiger partial charge on any atom is -0.493 e. The minimum atomic E-state index is -0.733. The van der Waals surface area contributed by atoms with Gasteiger partial charge in [0.1, 0.15) is 11.4 Å².